The number of carbonyl (C=O) groups is 4. The minimum absolute atomic E-state index is 0.0699. The van der Waals surface area contributed by atoms with Crippen molar-refractivity contribution in [3.05, 3.63) is 83.6 Å². The van der Waals surface area contributed by atoms with Crippen LogP contribution in [0.25, 0.3) is 0 Å². The molecule has 0 spiro atoms. The van der Waals surface area contributed by atoms with E-state index < -0.39 is 12.1 Å². The fraction of sp³-hybridized carbons (Fsp3) is 0.222. The molecule has 1 aliphatic carbocycles. The van der Waals surface area contributed by atoms with Crippen LogP contribution in [-0.4, -0.2) is 39.4 Å². The molecule has 9 heteroatoms. The lowest BCUT2D eigenvalue weighted by Gasteiger charge is -2.29. The Hall–Kier alpha value is -4.53. The number of nitrogens with zero attached hydrogens (tertiary/aromatic N) is 2. The highest BCUT2D eigenvalue weighted by molar-refractivity contribution is 6.07. The predicted octanol–water partition coefficient (Wildman–Crippen LogP) is 3.84. The molecule has 2 aromatic carbocycles. The molecule has 0 radical (unpaired) electrons. The van der Waals surface area contributed by atoms with Crippen molar-refractivity contribution < 1.29 is 23.9 Å². The van der Waals surface area contributed by atoms with E-state index in [1.165, 1.54) is 0 Å². The van der Waals surface area contributed by atoms with Crippen molar-refractivity contribution in [3.8, 4) is 11.6 Å². The molecule has 2 heterocycles. The van der Waals surface area contributed by atoms with E-state index >= 15 is 0 Å². The van der Waals surface area contributed by atoms with E-state index in [1.807, 2.05) is 18.2 Å². The number of amides is 3. The maximum atomic E-state index is 13.0. The van der Waals surface area contributed by atoms with E-state index in [2.05, 4.69) is 15.6 Å². The number of pyridine rings is 1. The van der Waals surface area contributed by atoms with Gasteiger partial charge >= 0.3 is 6.03 Å². The maximum Gasteiger partial charge on any atom is 0.319 e. The van der Waals surface area contributed by atoms with Gasteiger partial charge in [0.2, 0.25) is 5.88 Å². The van der Waals surface area contributed by atoms with Crippen molar-refractivity contribution in [2.45, 2.75) is 38.4 Å². The zero-order chi connectivity index (χ0) is 25.1. The fourth-order valence-corrected chi connectivity index (χ4v) is 4.44. The molecule has 2 N–H and O–H groups in total. The summed E-state index contributed by atoms with van der Waals surface area (Å²) in [5.41, 5.74) is 2.68. The van der Waals surface area contributed by atoms with E-state index in [1.54, 1.807) is 53.6 Å². The Balaban J connectivity index is 1.18. The zero-order valence-corrected chi connectivity index (χ0v) is 19.4. The summed E-state index contributed by atoms with van der Waals surface area (Å²) in [7, 11) is 0. The summed E-state index contributed by atoms with van der Waals surface area (Å²) in [6, 6.07) is 16.8. The number of fused-ring (bicyclic) bond motifs is 1. The fourth-order valence-electron chi connectivity index (χ4n) is 4.44. The van der Waals surface area contributed by atoms with Crippen LogP contribution in [0.4, 0.5) is 10.5 Å². The van der Waals surface area contributed by atoms with Crippen LogP contribution < -0.4 is 15.4 Å². The standard InChI is InChI=1S/C27H24N4O5/c32-20-9-10-23(24(33)14-20)31-16-18-8-7-17(12-22(18)26(31)34)15-29-27(35)30-19-4-3-5-21(13-19)36-25-6-1-2-11-28-25/h1-8,11-13,23H,9-10,14-16H2,(H2,29,30,35). The minimum atomic E-state index is -0.549. The van der Waals surface area contributed by atoms with Gasteiger partial charge in [0.1, 0.15) is 11.5 Å². The van der Waals surface area contributed by atoms with E-state index in [0.29, 0.717) is 42.3 Å². The number of aromatic nitrogens is 1. The third kappa shape index (κ3) is 5.10. The van der Waals surface area contributed by atoms with Gasteiger partial charge in [0.25, 0.3) is 5.91 Å². The monoisotopic (exact) mass is 484 g/mol. The van der Waals surface area contributed by atoms with Gasteiger partial charge < -0.3 is 20.3 Å². The van der Waals surface area contributed by atoms with Crippen molar-refractivity contribution in [3.63, 3.8) is 0 Å². The second-order valence-electron chi connectivity index (χ2n) is 8.77. The number of rotatable bonds is 6. The number of hydrogen-bond donors (Lipinski definition) is 2. The smallest absolute Gasteiger partial charge is 0.319 e. The molecule has 9 nitrogen and oxygen atoms in total. The third-order valence-corrected chi connectivity index (χ3v) is 6.23. The van der Waals surface area contributed by atoms with Crippen LogP contribution in [-0.2, 0) is 22.7 Å². The van der Waals surface area contributed by atoms with Gasteiger partial charge in [-0.1, -0.05) is 24.3 Å². The number of anilines is 1. The van der Waals surface area contributed by atoms with Gasteiger partial charge in [-0.3, -0.25) is 14.4 Å². The first-order valence-corrected chi connectivity index (χ1v) is 11.7. The summed E-state index contributed by atoms with van der Waals surface area (Å²) in [5, 5.41) is 5.56. The highest BCUT2D eigenvalue weighted by atomic mass is 16.5. The average Bonchev–Trinajstić information content (AvgIpc) is 3.19. The van der Waals surface area contributed by atoms with E-state index in [4.69, 9.17) is 4.74 Å². The number of urea groups is 1. The summed E-state index contributed by atoms with van der Waals surface area (Å²) in [6.45, 7) is 0.567. The highest BCUT2D eigenvalue weighted by Gasteiger charge is 2.38. The van der Waals surface area contributed by atoms with Gasteiger partial charge in [-0.05, 0) is 41.8 Å². The summed E-state index contributed by atoms with van der Waals surface area (Å²) in [4.78, 5) is 55.0. The number of hydrogen-bond acceptors (Lipinski definition) is 6. The van der Waals surface area contributed by atoms with Crippen LogP contribution in [0.3, 0.4) is 0 Å². The second-order valence-corrected chi connectivity index (χ2v) is 8.77. The first-order chi connectivity index (χ1) is 17.5. The summed E-state index contributed by atoms with van der Waals surface area (Å²) in [6.07, 6.45) is 2.22. The number of nitrogens with one attached hydrogen (secondary N) is 2. The number of Topliss-reactive ketones (excluding diaryl/α,β-unsaturated/α-hetero) is 2. The van der Waals surface area contributed by atoms with E-state index in [0.717, 1.165) is 11.1 Å². The molecular weight excluding hydrogens is 460 g/mol. The van der Waals surface area contributed by atoms with Gasteiger partial charge in [-0.15, -0.1) is 0 Å². The molecule has 0 bridgehead atoms. The largest absolute Gasteiger partial charge is 0.439 e. The van der Waals surface area contributed by atoms with Crippen LogP contribution >= 0.6 is 0 Å². The first kappa shape index (κ1) is 23.2. The Kier molecular flexibility index (Phi) is 6.44. The van der Waals surface area contributed by atoms with E-state index in [-0.39, 0.29) is 30.4 Å². The van der Waals surface area contributed by atoms with Crippen molar-refractivity contribution >= 4 is 29.2 Å². The molecule has 182 valence electrons. The molecule has 3 amide bonds. The normalized spacial score (nSPS) is 17.1. The lowest BCUT2D eigenvalue weighted by atomic mass is 9.92. The molecule has 0 saturated heterocycles. The van der Waals surface area contributed by atoms with Gasteiger partial charge in [-0.2, -0.15) is 0 Å². The lowest BCUT2D eigenvalue weighted by Crippen LogP contribution is -2.44. The van der Waals surface area contributed by atoms with Gasteiger partial charge in [-0.25, -0.2) is 9.78 Å². The highest BCUT2D eigenvalue weighted by Crippen LogP contribution is 2.29. The Morgan fingerprint density at radius 2 is 1.94 bits per heavy atom. The molecule has 2 aliphatic rings. The molecule has 1 aliphatic heterocycles. The maximum absolute atomic E-state index is 13.0. The molecule has 5 rings (SSSR count). The van der Waals surface area contributed by atoms with Gasteiger partial charge in [0.05, 0.1) is 12.5 Å². The van der Waals surface area contributed by atoms with Crippen molar-refractivity contribution in [1.29, 1.82) is 0 Å². The Bertz CT molecular complexity index is 1340. The third-order valence-electron chi connectivity index (χ3n) is 6.23. The molecule has 1 aromatic heterocycles. The average molecular weight is 485 g/mol. The molecule has 1 saturated carbocycles. The molecule has 36 heavy (non-hydrogen) atoms. The van der Waals surface area contributed by atoms with Crippen LogP contribution in [0.15, 0.2) is 66.9 Å². The van der Waals surface area contributed by atoms with Crippen molar-refractivity contribution in [2.75, 3.05) is 5.32 Å². The minimum Gasteiger partial charge on any atom is -0.439 e. The molecule has 1 unspecified atom stereocenters. The Labute approximate surface area is 207 Å². The molecule has 1 fully saturated rings. The van der Waals surface area contributed by atoms with E-state index in [9.17, 15) is 19.2 Å². The van der Waals surface area contributed by atoms with Crippen LogP contribution in [0.1, 0.15) is 40.7 Å². The SMILES string of the molecule is O=C1CCC(N2Cc3ccc(CNC(=O)Nc4cccc(Oc5ccccn5)c4)cc3C2=O)C(=O)C1. The first-order valence-electron chi connectivity index (χ1n) is 11.7. The van der Waals surface area contributed by atoms with Crippen molar-refractivity contribution in [1.82, 2.24) is 15.2 Å². The Morgan fingerprint density at radius 3 is 2.75 bits per heavy atom. The number of carbonyl (C=O) groups excluding carboxylic acids is 4. The zero-order valence-electron chi connectivity index (χ0n) is 19.4. The van der Waals surface area contributed by atoms with Gasteiger partial charge in [0, 0.05) is 49.1 Å². The number of benzene rings is 2. The molecule has 1 atom stereocenters. The Morgan fingerprint density at radius 1 is 1.06 bits per heavy atom. The van der Waals surface area contributed by atoms with Gasteiger partial charge in [0.15, 0.2) is 5.78 Å². The van der Waals surface area contributed by atoms with Crippen LogP contribution in [0.5, 0.6) is 11.6 Å². The van der Waals surface area contributed by atoms with Crippen LogP contribution in [0, 0.1) is 0 Å². The molecular formula is C27H24N4O5. The summed E-state index contributed by atoms with van der Waals surface area (Å²) >= 11 is 0. The number of ether oxygens (including phenoxy) is 1. The topological polar surface area (TPSA) is 118 Å². The summed E-state index contributed by atoms with van der Waals surface area (Å²) in [5.74, 6) is 0.507. The number of ketones is 2. The lowest BCUT2D eigenvalue weighted by molar-refractivity contribution is -0.133. The predicted molar refractivity (Wildman–Crippen MR) is 131 cm³/mol. The quantitative estimate of drug-likeness (QED) is 0.514. The summed E-state index contributed by atoms with van der Waals surface area (Å²) < 4.78 is 5.69. The molecule has 3 aromatic rings. The van der Waals surface area contributed by atoms with Crippen LogP contribution in [0.2, 0.25) is 0 Å². The van der Waals surface area contributed by atoms with Crippen molar-refractivity contribution in [2.24, 2.45) is 0 Å². The second kappa shape index (κ2) is 9.99.